The molecule has 1 unspecified atom stereocenters. The van der Waals surface area contributed by atoms with Gasteiger partial charge in [-0.05, 0) is 30.5 Å². The van der Waals surface area contributed by atoms with Crippen LogP contribution in [0.3, 0.4) is 0 Å². The summed E-state index contributed by atoms with van der Waals surface area (Å²) in [5.74, 6) is 0.755. The second kappa shape index (κ2) is 7.13. The fourth-order valence-corrected chi connectivity index (χ4v) is 2.30. The molecule has 1 heterocycles. The van der Waals surface area contributed by atoms with Crippen LogP contribution < -0.4 is 10.1 Å². The van der Waals surface area contributed by atoms with Crippen LogP contribution >= 0.6 is 11.6 Å². The maximum Gasteiger partial charge on any atom is 0.138 e. The van der Waals surface area contributed by atoms with Crippen LogP contribution in [0, 0.1) is 0 Å². The lowest BCUT2D eigenvalue weighted by Gasteiger charge is -2.24. The van der Waals surface area contributed by atoms with Gasteiger partial charge in [0.15, 0.2) is 0 Å². The van der Waals surface area contributed by atoms with Gasteiger partial charge in [-0.2, -0.15) is 0 Å². The van der Waals surface area contributed by atoms with Gasteiger partial charge in [0.25, 0.3) is 0 Å². The van der Waals surface area contributed by atoms with Crippen LogP contribution in [0.4, 0.5) is 0 Å². The monoisotopic (exact) mass is 283 g/mol. The lowest BCUT2D eigenvalue weighted by atomic mass is 10.1. The van der Waals surface area contributed by atoms with E-state index in [1.54, 1.807) is 0 Å². The normalized spacial score (nSPS) is 19.7. The highest BCUT2D eigenvalue weighted by Crippen LogP contribution is 2.27. The summed E-state index contributed by atoms with van der Waals surface area (Å²) in [6.45, 7) is 6.58. The molecule has 1 aromatic rings. The first-order valence-electron chi connectivity index (χ1n) is 6.91. The number of nitrogens with one attached hydrogen (secondary N) is 1. The SMILES string of the molecule is CC(C)NCc1ccc(OC2CCCOC2)c(Cl)c1. The van der Waals surface area contributed by atoms with E-state index in [4.69, 9.17) is 21.1 Å². The number of hydrogen-bond acceptors (Lipinski definition) is 3. The minimum Gasteiger partial charge on any atom is -0.486 e. The summed E-state index contributed by atoms with van der Waals surface area (Å²) in [6.07, 6.45) is 2.22. The Morgan fingerprint density at radius 3 is 2.95 bits per heavy atom. The summed E-state index contributed by atoms with van der Waals surface area (Å²) in [7, 11) is 0. The van der Waals surface area contributed by atoms with E-state index in [-0.39, 0.29) is 6.10 Å². The van der Waals surface area contributed by atoms with Gasteiger partial charge in [-0.3, -0.25) is 0 Å². The summed E-state index contributed by atoms with van der Waals surface area (Å²) < 4.78 is 11.3. The molecule has 0 aromatic heterocycles. The highest BCUT2D eigenvalue weighted by atomic mass is 35.5. The van der Waals surface area contributed by atoms with Crippen molar-refractivity contribution in [3.05, 3.63) is 28.8 Å². The van der Waals surface area contributed by atoms with Crippen LogP contribution in [-0.4, -0.2) is 25.4 Å². The van der Waals surface area contributed by atoms with Crippen molar-refractivity contribution >= 4 is 11.6 Å². The van der Waals surface area contributed by atoms with E-state index in [0.717, 1.165) is 31.7 Å². The molecule has 1 aliphatic rings. The summed E-state index contributed by atoms with van der Waals surface area (Å²) >= 11 is 6.27. The molecule has 0 bridgehead atoms. The Balaban J connectivity index is 1.94. The smallest absolute Gasteiger partial charge is 0.138 e. The van der Waals surface area contributed by atoms with E-state index < -0.39 is 0 Å². The number of benzene rings is 1. The van der Waals surface area contributed by atoms with Crippen molar-refractivity contribution in [3.8, 4) is 5.75 Å². The largest absolute Gasteiger partial charge is 0.486 e. The molecule has 0 spiro atoms. The molecule has 0 saturated carbocycles. The lowest BCUT2D eigenvalue weighted by Crippen LogP contribution is -2.28. The molecule has 1 atom stereocenters. The number of hydrogen-bond donors (Lipinski definition) is 1. The average Bonchev–Trinajstić information content (AvgIpc) is 2.40. The third kappa shape index (κ3) is 4.68. The molecule has 3 nitrogen and oxygen atoms in total. The Bertz CT molecular complexity index is 403. The van der Waals surface area contributed by atoms with Gasteiger partial charge in [0.2, 0.25) is 0 Å². The molecule has 4 heteroatoms. The third-order valence-corrected chi connectivity index (χ3v) is 3.42. The first-order chi connectivity index (χ1) is 9.15. The molecule has 1 aliphatic heterocycles. The third-order valence-electron chi connectivity index (χ3n) is 3.12. The maximum absolute atomic E-state index is 6.27. The standard InChI is InChI=1S/C15H22ClNO2/c1-11(2)17-9-12-5-6-15(14(16)8-12)19-13-4-3-7-18-10-13/h5-6,8,11,13,17H,3-4,7,9-10H2,1-2H3. The van der Waals surface area contributed by atoms with Gasteiger partial charge in [0, 0.05) is 19.2 Å². The fourth-order valence-electron chi connectivity index (χ4n) is 2.06. The van der Waals surface area contributed by atoms with Crippen molar-refractivity contribution in [3.63, 3.8) is 0 Å². The molecule has 0 amide bonds. The number of rotatable bonds is 5. The van der Waals surface area contributed by atoms with E-state index in [2.05, 4.69) is 25.2 Å². The van der Waals surface area contributed by atoms with Crippen LogP contribution in [-0.2, 0) is 11.3 Å². The second-order valence-corrected chi connectivity index (χ2v) is 5.66. The molecule has 19 heavy (non-hydrogen) atoms. The van der Waals surface area contributed by atoms with Gasteiger partial charge < -0.3 is 14.8 Å². The van der Waals surface area contributed by atoms with Crippen molar-refractivity contribution in [2.24, 2.45) is 0 Å². The van der Waals surface area contributed by atoms with Crippen molar-refractivity contribution < 1.29 is 9.47 Å². The highest BCUT2D eigenvalue weighted by molar-refractivity contribution is 6.32. The Morgan fingerprint density at radius 1 is 1.47 bits per heavy atom. The van der Waals surface area contributed by atoms with Crippen LogP contribution in [0.15, 0.2) is 18.2 Å². The first kappa shape index (κ1) is 14.6. The minimum absolute atomic E-state index is 0.130. The molecule has 1 saturated heterocycles. The van der Waals surface area contributed by atoms with Gasteiger partial charge >= 0.3 is 0 Å². The number of ether oxygens (including phenoxy) is 2. The quantitative estimate of drug-likeness (QED) is 0.898. The van der Waals surface area contributed by atoms with E-state index in [1.807, 2.05) is 12.1 Å². The predicted molar refractivity (Wildman–Crippen MR) is 77.9 cm³/mol. The molecule has 0 aliphatic carbocycles. The first-order valence-corrected chi connectivity index (χ1v) is 7.29. The molecule has 106 valence electrons. The molecule has 1 aromatic carbocycles. The van der Waals surface area contributed by atoms with Crippen LogP contribution in [0.5, 0.6) is 5.75 Å². The van der Waals surface area contributed by atoms with E-state index in [1.165, 1.54) is 5.56 Å². The highest BCUT2D eigenvalue weighted by Gasteiger charge is 2.16. The summed E-state index contributed by atoms with van der Waals surface area (Å²) in [4.78, 5) is 0. The van der Waals surface area contributed by atoms with E-state index >= 15 is 0 Å². The van der Waals surface area contributed by atoms with E-state index in [0.29, 0.717) is 17.7 Å². The van der Waals surface area contributed by atoms with Gasteiger partial charge in [-0.15, -0.1) is 0 Å². The van der Waals surface area contributed by atoms with E-state index in [9.17, 15) is 0 Å². The topological polar surface area (TPSA) is 30.5 Å². The van der Waals surface area contributed by atoms with Gasteiger partial charge in [-0.25, -0.2) is 0 Å². The van der Waals surface area contributed by atoms with Crippen LogP contribution in [0.2, 0.25) is 5.02 Å². The van der Waals surface area contributed by atoms with Crippen molar-refractivity contribution in [1.29, 1.82) is 0 Å². The zero-order chi connectivity index (χ0) is 13.7. The zero-order valence-corrected chi connectivity index (χ0v) is 12.4. The summed E-state index contributed by atoms with van der Waals surface area (Å²) in [6, 6.07) is 6.44. The average molecular weight is 284 g/mol. The Morgan fingerprint density at radius 2 is 2.32 bits per heavy atom. The maximum atomic E-state index is 6.27. The van der Waals surface area contributed by atoms with Crippen molar-refractivity contribution in [2.45, 2.75) is 45.4 Å². The van der Waals surface area contributed by atoms with Crippen molar-refractivity contribution in [1.82, 2.24) is 5.32 Å². The zero-order valence-electron chi connectivity index (χ0n) is 11.6. The van der Waals surface area contributed by atoms with Gasteiger partial charge in [-0.1, -0.05) is 31.5 Å². The Labute approximate surface area is 120 Å². The van der Waals surface area contributed by atoms with Gasteiger partial charge in [0.05, 0.1) is 11.6 Å². The molecule has 1 fully saturated rings. The number of halogens is 1. The fraction of sp³-hybridized carbons (Fsp3) is 0.600. The summed E-state index contributed by atoms with van der Waals surface area (Å²) in [5, 5.41) is 4.05. The van der Waals surface area contributed by atoms with Gasteiger partial charge in [0.1, 0.15) is 11.9 Å². The predicted octanol–water partition coefficient (Wildman–Crippen LogP) is 3.40. The van der Waals surface area contributed by atoms with Crippen LogP contribution in [0.1, 0.15) is 32.3 Å². The molecule has 1 N–H and O–H groups in total. The minimum atomic E-state index is 0.130. The Kier molecular flexibility index (Phi) is 5.49. The lowest BCUT2D eigenvalue weighted by molar-refractivity contribution is 0.00747. The Hall–Kier alpha value is -0.770. The second-order valence-electron chi connectivity index (χ2n) is 5.26. The molecular formula is C15H22ClNO2. The summed E-state index contributed by atoms with van der Waals surface area (Å²) in [5.41, 5.74) is 1.17. The molecular weight excluding hydrogens is 262 g/mol. The molecule has 2 rings (SSSR count). The van der Waals surface area contributed by atoms with Crippen molar-refractivity contribution in [2.75, 3.05) is 13.2 Å². The van der Waals surface area contributed by atoms with Crippen LogP contribution in [0.25, 0.3) is 0 Å². The molecule has 0 radical (unpaired) electrons.